The minimum absolute atomic E-state index is 0.177. The molecule has 0 saturated heterocycles. The van der Waals surface area contributed by atoms with Gasteiger partial charge in [0.1, 0.15) is 0 Å². The third kappa shape index (κ3) is 3.67. The van der Waals surface area contributed by atoms with Gasteiger partial charge in [0, 0.05) is 5.56 Å². The molecular formula is C20H22O3. The standard InChI is InChI=1S/C20H22O3/c1-12-7-6-8-17(16(12)5)20(22)23-11-19(21)18-10-14(3)13(2)9-15(18)4/h6-10H,11H2,1-5H3. The number of ketones is 1. The number of aryl methyl sites for hydroxylation is 4. The van der Waals surface area contributed by atoms with Gasteiger partial charge in [-0.25, -0.2) is 4.79 Å². The zero-order chi connectivity index (χ0) is 17.1. The van der Waals surface area contributed by atoms with E-state index in [1.807, 2.05) is 58.9 Å². The molecule has 0 aliphatic rings. The number of carbonyl (C=O) groups is 2. The Morgan fingerprint density at radius 2 is 1.48 bits per heavy atom. The molecular weight excluding hydrogens is 288 g/mol. The molecule has 0 N–H and O–H groups in total. The van der Waals surface area contributed by atoms with Gasteiger partial charge in [-0.05, 0) is 74.6 Å². The molecule has 120 valence electrons. The lowest BCUT2D eigenvalue weighted by molar-refractivity contribution is 0.0473. The SMILES string of the molecule is Cc1cc(C)c(C(=O)COC(=O)c2cccc(C)c2C)cc1C. The number of hydrogen-bond donors (Lipinski definition) is 0. The topological polar surface area (TPSA) is 43.4 Å². The van der Waals surface area contributed by atoms with Gasteiger partial charge in [-0.1, -0.05) is 18.2 Å². The first-order valence-corrected chi connectivity index (χ1v) is 7.65. The van der Waals surface area contributed by atoms with Crippen LogP contribution >= 0.6 is 0 Å². The largest absolute Gasteiger partial charge is 0.454 e. The third-order valence-corrected chi connectivity index (χ3v) is 4.30. The lowest BCUT2D eigenvalue weighted by Gasteiger charge is -2.11. The molecule has 2 aromatic carbocycles. The van der Waals surface area contributed by atoms with Crippen molar-refractivity contribution in [2.45, 2.75) is 34.6 Å². The summed E-state index contributed by atoms with van der Waals surface area (Å²) in [6.07, 6.45) is 0. The number of Topliss-reactive ketones (excluding diaryl/α,β-unsaturated/α-hetero) is 1. The molecule has 3 heteroatoms. The van der Waals surface area contributed by atoms with Crippen LogP contribution in [0, 0.1) is 34.6 Å². The zero-order valence-electron chi connectivity index (χ0n) is 14.3. The molecule has 23 heavy (non-hydrogen) atoms. The predicted octanol–water partition coefficient (Wildman–Crippen LogP) is 4.27. The van der Waals surface area contributed by atoms with Gasteiger partial charge in [0.15, 0.2) is 6.61 Å². The molecule has 0 radical (unpaired) electrons. The summed E-state index contributed by atoms with van der Waals surface area (Å²) >= 11 is 0. The van der Waals surface area contributed by atoms with Gasteiger partial charge in [0.05, 0.1) is 5.56 Å². The summed E-state index contributed by atoms with van der Waals surface area (Å²) < 4.78 is 5.22. The first kappa shape index (κ1) is 16.9. The number of esters is 1. The molecule has 2 aromatic rings. The first-order chi connectivity index (χ1) is 10.8. The molecule has 0 atom stereocenters. The van der Waals surface area contributed by atoms with Gasteiger partial charge < -0.3 is 4.74 Å². The van der Waals surface area contributed by atoms with E-state index in [-0.39, 0.29) is 12.4 Å². The Morgan fingerprint density at radius 1 is 0.826 bits per heavy atom. The summed E-state index contributed by atoms with van der Waals surface area (Å²) in [5.41, 5.74) is 6.13. The summed E-state index contributed by atoms with van der Waals surface area (Å²) in [6, 6.07) is 9.31. The minimum atomic E-state index is -0.457. The Hall–Kier alpha value is -2.42. The maximum atomic E-state index is 12.3. The van der Waals surface area contributed by atoms with Crippen LogP contribution in [0.1, 0.15) is 48.5 Å². The van der Waals surface area contributed by atoms with Gasteiger partial charge >= 0.3 is 5.97 Å². The maximum absolute atomic E-state index is 12.3. The van der Waals surface area contributed by atoms with Crippen LogP contribution < -0.4 is 0 Å². The summed E-state index contributed by atoms with van der Waals surface area (Å²) in [6.45, 7) is 9.45. The number of carbonyl (C=O) groups excluding carboxylic acids is 2. The van der Waals surface area contributed by atoms with Crippen molar-refractivity contribution in [3.63, 3.8) is 0 Å². The third-order valence-electron chi connectivity index (χ3n) is 4.30. The average molecular weight is 310 g/mol. The highest BCUT2D eigenvalue weighted by Gasteiger charge is 2.16. The molecule has 3 nitrogen and oxygen atoms in total. The fourth-order valence-electron chi connectivity index (χ4n) is 2.52. The fraction of sp³-hybridized carbons (Fsp3) is 0.300. The smallest absolute Gasteiger partial charge is 0.338 e. The first-order valence-electron chi connectivity index (χ1n) is 7.65. The Kier molecular flexibility index (Phi) is 4.99. The highest BCUT2D eigenvalue weighted by Crippen LogP contribution is 2.17. The van der Waals surface area contributed by atoms with E-state index in [4.69, 9.17) is 4.74 Å². The summed E-state index contributed by atoms with van der Waals surface area (Å²) in [5.74, 6) is -0.634. The molecule has 0 aromatic heterocycles. The number of rotatable bonds is 4. The predicted molar refractivity (Wildman–Crippen MR) is 91.2 cm³/mol. The molecule has 0 aliphatic carbocycles. The molecule has 0 heterocycles. The van der Waals surface area contributed by atoms with Crippen molar-refractivity contribution < 1.29 is 14.3 Å². The van der Waals surface area contributed by atoms with Crippen LogP contribution in [0.2, 0.25) is 0 Å². The van der Waals surface area contributed by atoms with E-state index in [1.165, 1.54) is 0 Å². The van der Waals surface area contributed by atoms with Crippen LogP contribution in [0.15, 0.2) is 30.3 Å². The van der Waals surface area contributed by atoms with Crippen LogP contribution in [-0.4, -0.2) is 18.4 Å². The monoisotopic (exact) mass is 310 g/mol. The minimum Gasteiger partial charge on any atom is -0.454 e. The van der Waals surface area contributed by atoms with Gasteiger partial charge in [0.25, 0.3) is 0 Å². The van der Waals surface area contributed by atoms with Crippen molar-refractivity contribution in [3.05, 3.63) is 69.3 Å². The Bertz CT molecular complexity index is 773. The van der Waals surface area contributed by atoms with Gasteiger partial charge in [-0.2, -0.15) is 0 Å². The van der Waals surface area contributed by atoms with Crippen LogP contribution in [0.4, 0.5) is 0 Å². The quantitative estimate of drug-likeness (QED) is 0.625. The van der Waals surface area contributed by atoms with E-state index >= 15 is 0 Å². The molecule has 0 saturated carbocycles. The molecule has 0 fully saturated rings. The maximum Gasteiger partial charge on any atom is 0.338 e. The number of ether oxygens (including phenoxy) is 1. The highest BCUT2D eigenvalue weighted by molar-refractivity contribution is 6.00. The van der Waals surface area contributed by atoms with Crippen molar-refractivity contribution in [3.8, 4) is 0 Å². The fourth-order valence-corrected chi connectivity index (χ4v) is 2.52. The molecule has 2 rings (SSSR count). The zero-order valence-corrected chi connectivity index (χ0v) is 14.3. The molecule has 0 bridgehead atoms. The Balaban J connectivity index is 2.12. The van der Waals surface area contributed by atoms with E-state index in [0.717, 1.165) is 27.8 Å². The van der Waals surface area contributed by atoms with Crippen molar-refractivity contribution in [1.29, 1.82) is 0 Å². The second kappa shape index (κ2) is 6.78. The van der Waals surface area contributed by atoms with Crippen LogP contribution in [0.5, 0.6) is 0 Å². The molecule has 0 spiro atoms. The van der Waals surface area contributed by atoms with Crippen molar-refractivity contribution >= 4 is 11.8 Å². The van der Waals surface area contributed by atoms with Crippen molar-refractivity contribution in [2.75, 3.05) is 6.61 Å². The molecule has 0 amide bonds. The Morgan fingerprint density at radius 3 is 2.17 bits per heavy atom. The lowest BCUT2D eigenvalue weighted by atomic mass is 9.98. The van der Waals surface area contributed by atoms with Crippen LogP contribution in [0.25, 0.3) is 0 Å². The van der Waals surface area contributed by atoms with Gasteiger partial charge in [-0.15, -0.1) is 0 Å². The highest BCUT2D eigenvalue weighted by atomic mass is 16.5. The van der Waals surface area contributed by atoms with E-state index < -0.39 is 5.97 Å². The summed E-state index contributed by atoms with van der Waals surface area (Å²) in [7, 11) is 0. The second-order valence-corrected chi connectivity index (χ2v) is 6.00. The second-order valence-electron chi connectivity index (χ2n) is 6.00. The van der Waals surface area contributed by atoms with E-state index in [2.05, 4.69) is 0 Å². The molecule has 0 aliphatic heterocycles. The summed E-state index contributed by atoms with van der Waals surface area (Å²) in [4.78, 5) is 24.5. The van der Waals surface area contributed by atoms with E-state index in [1.54, 1.807) is 6.07 Å². The Labute approximate surface area is 137 Å². The summed E-state index contributed by atoms with van der Waals surface area (Å²) in [5, 5.41) is 0. The number of hydrogen-bond acceptors (Lipinski definition) is 3. The van der Waals surface area contributed by atoms with Gasteiger partial charge in [-0.3, -0.25) is 4.79 Å². The van der Waals surface area contributed by atoms with E-state index in [0.29, 0.717) is 11.1 Å². The van der Waals surface area contributed by atoms with Crippen molar-refractivity contribution in [1.82, 2.24) is 0 Å². The van der Waals surface area contributed by atoms with Crippen LogP contribution in [-0.2, 0) is 4.74 Å². The lowest BCUT2D eigenvalue weighted by Crippen LogP contribution is -2.16. The normalized spacial score (nSPS) is 10.5. The number of benzene rings is 2. The average Bonchev–Trinajstić information content (AvgIpc) is 2.51. The van der Waals surface area contributed by atoms with Crippen LogP contribution in [0.3, 0.4) is 0 Å². The van der Waals surface area contributed by atoms with E-state index in [9.17, 15) is 9.59 Å². The van der Waals surface area contributed by atoms with Crippen molar-refractivity contribution in [2.24, 2.45) is 0 Å². The van der Waals surface area contributed by atoms with Gasteiger partial charge in [0.2, 0.25) is 5.78 Å². The molecule has 0 unspecified atom stereocenters.